The lowest BCUT2D eigenvalue weighted by Crippen LogP contribution is -2.52. The number of rotatable bonds is 6. The van der Waals surface area contributed by atoms with E-state index in [1.165, 1.54) is 31.2 Å². The van der Waals surface area contributed by atoms with Gasteiger partial charge in [0.25, 0.3) is 5.91 Å². The summed E-state index contributed by atoms with van der Waals surface area (Å²) in [5.74, 6) is -0.0845. The molecule has 4 rings (SSSR count). The highest BCUT2D eigenvalue weighted by Crippen LogP contribution is 2.32. The zero-order chi connectivity index (χ0) is 21.3. The van der Waals surface area contributed by atoms with Gasteiger partial charge in [-0.1, -0.05) is 31.9 Å². The van der Waals surface area contributed by atoms with Gasteiger partial charge in [0.05, 0.1) is 0 Å². The predicted molar refractivity (Wildman–Crippen MR) is 115 cm³/mol. The molecule has 1 unspecified atom stereocenters. The Balaban J connectivity index is 1.46. The molecule has 1 aliphatic carbocycles. The molecule has 1 aromatic rings. The molecule has 30 heavy (non-hydrogen) atoms. The molecule has 2 N–H and O–H groups in total. The Kier molecular flexibility index (Phi) is 6.23. The zero-order valence-electron chi connectivity index (χ0n) is 18.1. The van der Waals surface area contributed by atoms with Crippen LogP contribution in [0.4, 0.5) is 0 Å². The SMILES string of the molecule is CC[C@H](C)N[C@H]1CCCC[C@@H]1Cc1ccc2c(c1)CN(C1CCC(=O)NC1=O)C2=O. The molecule has 1 aromatic carbocycles. The number of piperidine rings is 1. The first-order chi connectivity index (χ1) is 14.5. The average Bonchev–Trinajstić information content (AvgIpc) is 3.05. The minimum atomic E-state index is -0.548. The summed E-state index contributed by atoms with van der Waals surface area (Å²) in [6.07, 6.45) is 7.92. The van der Waals surface area contributed by atoms with Crippen molar-refractivity contribution in [3.8, 4) is 0 Å². The minimum absolute atomic E-state index is 0.0972. The third kappa shape index (κ3) is 4.29. The topological polar surface area (TPSA) is 78.5 Å². The molecule has 0 aromatic heterocycles. The van der Waals surface area contributed by atoms with Gasteiger partial charge in [-0.2, -0.15) is 0 Å². The number of benzene rings is 1. The fourth-order valence-electron chi connectivity index (χ4n) is 5.21. The fraction of sp³-hybridized carbons (Fsp3) is 0.625. The average molecular weight is 412 g/mol. The van der Waals surface area contributed by atoms with Crippen LogP contribution in [0.1, 0.15) is 80.3 Å². The number of amides is 3. The Morgan fingerprint density at radius 2 is 1.97 bits per heavy atom. The van der Waals surface area contributed by atoms with Crippen molar-refractivity contribution < 1.29 is 14.4 Å². The van der Waals surface area contributed by atoms with E-state index in [9.17, 15) is 14.4 Å². The largest absolute Gasteiger partial charge is 0.322 e. The Morgan fingerprint density at radius 1 is 1.17 bits per heavy atom. The molecule has 6 heteroatoms. The van der Waals surface area contributed by atoms with Gasteiger partial charge < -0.3 is 10.2 Å². The Morgan fingerprint density at radius 3 is 2.73 bits per heavy atom. The maximum Gasteiger partial charge on any atom is 0.255 e. The standard InChI is InChI=1S/C24H33N3O3/c1-3-15(2)25-20-7-5-4-6-17(20)12-16-8-9-19-18(13-16)14-27(24(19)30)21-10-11-22(28)26-23(21)29/h8-9,13,15,17,20-21,25H,3-7,10-12,14H2,1-2H3,(H,26,28,29)/t15-,17+,20-,21?/m0/s1. The van der Waals surface area contributed by atoms with Crippen LogP contribution >= 0.6 is 0 Å². The van der Waals surface area contributed by atoms with Crippen molar-refractivity contribution in [3.63, 3.8) is 0 Å². The molecule has 4 atom stereocenters. The minimum Gasteiger partial charge on any atom is -0.322 e. The summed E-state index contributed by atoms with van der Waals surface area (Å²) in [5, 5.41) is 6.19. The lowest BCUT2D eigenvalue weighted by molar-refractivity contribution is -0.136. The molecule has 3 amide bonds. The van der Waals surface area contributed by atoms with E-state index in [1.807, 2.05) is 6.07 Å². The van der Waals surface area contributed by atoms with Crippen LogP contribution in [0.3, 0.4) is 0 Å². The molecule has 1 saturated heterocycles. The lowest BCUT2D eigenvalue weighted by atomic mass is 9.80. The van der Waals surface area contributed by atoms with E-state index in [2.05, 4.69) is 36.6 Å². The first-order valence-electron chi connectivity index (χ1n) is 11.5. The second kappa shape index (κ2) is 8.88. The molecule has 0 spiro atoms. The molecule has 0 radical (unpaired) electrons. The highest BCUT2D eigenvalue weighted by atomic mass is 16.2. The fourth-order valence-corrected chi connectivity index (χ4v) is 5.21. The van der Waals surface area contributed by atoms with Crippen molar-refractivity contribution >= 4 is 17.7 Å². The Bertz CT molecular complexity index is 837. The molecule has 6 nitrogen and oxygen atoms in total. The quantitative estimate of drug-likeness (QED) is 0.706. The molecule has 1 saturated carbocycles. The van der Waals surface area contributed by atoms with Crippen LogP contribution in [0.25, 0.3) is 0 Å². The van der Waals surface area contributed by atoms with E-state index in [1.54, 1.807) is 4.90 Å². The van der Waals surface area contributed by atoms with Crippen LogP contribution in [0.15, 0.2) is 18.2 Å². The van der Waals surface area contributed by atoms with E-state index in [0.717, 1.165) is 18.4 Å². The molecular weight excluding hydrogens is 378 g/mol. The number of hydrogen-bond donors (Lipinski definition) is 2. The number of carbonyl (C=O) groups excluding carboxylic acids is 3. The monoisotopic (exact) mass is 411 g/mol. The Labute approximate surface area is 178 Å². The van der Waals surface area contributed by atoms with Crippen molar-refractivity contribution in [3.05, 3.63) is 34.9 Å². The van der Waals surface area contributed by atoms with Gasteiger partial charge in [0.2, 0.25) is 11.8 Å². The van der Waals surface area contributed by atoms with Crippen molar-refractivity contribution in [2.24, 2.45) is 5.92 Å². The maximum atomic E-state index is 12.9. The van der Waals surface area contributed by atoms with Crippen LogP contribution in [-0.4, -0.2) is 40.7 Å². The van der Waals surface area contributed by atoms with E-state index < -0.39 is 6.04 Å². The predicted octanol–water partition coefficient (Wildman–Crippen LogP) is 2.94. The maximum absolute atomic E-state index is 12.9. The van der Waals surface area contributed by atoms with Crippen molar-refractivity contribution in [1.29, 1.82) is 0 Å². The molecule has 162 valence electrons. The number of hydrogen-bond acceptors (Lipinski definition) is 4. The van der Waals surface area contributed by atoms with Gasteiger partial charge in [-0.25, -0.2) is 0 Å². The lowest BCUT2D eigenvalue weighted by Gasteiger charge is -2.34. The summed E-state index contributed by atoms with van der Waals surface area (Å²) in [5.41, 5.74) is 2.97. The summed E-state index contributed by atoms with van der Waals surface area (Å²) >= 11 is 0. The van der Waals surface area contributed by atoms with Crippen LogP contribution < -0.4 is 10.6 Å². The van der Waals surface area contributed by atoms with Crippen LogP contribution in [0, 0.1) is 5.92 Å². The van der Waals surface area contributed by atoms with Gasteiger partial charge in [-0.15, -0.1) is 0 Å². The number of imide groups is 1. The summed E-state index contributed by atoms with van der Waals surface area (Å²) in [6, 6.07) is 6.72. The Hall–Kier alpha value is -2.21. The third-order valence-corrected chi connectivity index (χ3v) is 7.11. The molecule has 2 fully saturated rings. The van der Waals surface area contributed by atoms with Gasteiger partial charge in [0.1, 0.15) is 6.04 Å². The summed E-state index contributed by atoms with van der Waals surface area (Å²) in [6.45, 7) is 4.94. The van der Waals surface area contributed by atoms with Gasteiger partial charge in [0.15, 0.2) is 0 Å². The molecule has 2 heterocycles. The normalized spacial score (nSPS) is 27.7. The highest BCUT2D eigenvalue weighted by molar-refractivity contribution is 6.05. The molecule has 2 aliphatic heterocycles. The third-order valence-electron chi connectivity index (χ3n) is 7.11. The van der Waals surface area contributed by atoms with Gasteiger partial charge in [0, 0.05) is 30.6 Å². The number of nitrogens with zero attached hydrogens (tertiary/aromatic N) is 1. The summed E-state index contributed by atoms with van der Waals surface area (Å²) in [4.78, 5) is 38.2. The first kappa shape index (κ1) is 21.0. The van der Waals surface area contributed by atoms with E-state index in [4.69, 9.17) is 0 Å². The van der Waals surface area contributed by atoms with Gasteiger partial charge in [-0.3, -0.25) is 19.7 Å². The highest BCUT2D eigenvalue weighted by Gasteiger charge is 2.39. The molecular formula is C24H33N3O3. The van der Waals surface area contributed by atoms with Crippen molar-refractivity contribution in [2.75, 3.05) is 0 Å². The smallest absolute Gasteiger partial charge is 0.255 e. The molecule has 0 bridgehead atoms. The van der Waals surface area contributed by atoms with Crippen LogP contribution in [0.2, 0.25) is 0 Å². The van der Waals surface area contributed by atoms with Crippen LogP contribution in [0.5, 0.6) is 0 Å². The molecule has 3 aliphatic rings. The number of fused-ring (bicyclic) bond motifs is 1. The zero-order valence-corrected chi connectivity index (χ0v) is 18.1. The van der Waals surface area contributed by atoms with Crippen molar-refractivity contribution in [2.45, 2.75) is 89.9 Å². The number of nitrogens with one attached hydrogen (secondary N) is 2. The van der Waals surface area contributed by atoms with E-state index >= 15 is 0 Å². The van der Waals surface area contributed by atoms with Crippen molar-refractivity contribution in [1.82, 2.24) is 15.5 Å². The van der Waals surface area contributed by atoms with E-state index in [-0.39, 0.29) is 24.1 Å². The van der Waals surface area contributed by atoms with E-state index in [0.29, 0.717) is 36.5 Å². The van der Waals surface area contributed by atoms with Gasteiger partial charge in [-0.05, 0) is 62.1 Å². The van der Waals surface area contributed by atoms with Crippen LogP contribution in [-0.2, 0) is 22.6 Å². The number of carbonyl (C=O) groups is 3. The second-order valence-electron chi connectivity index (χ2n) is 9.22. The first-order valence-corrected chi connectivity index (χ1v) is 11.5. The van der Waals surface area contributed by atoms with Gasteiger partial charge >= 0.3 is 0 Å². The summed E-state index contributed by atoms with van der Waals surface area (Å²) in [7, 11) is 0. The second-order valence-corrected chi connectivity index (χ2v) is 9.22. The summed E-state index contributed by atoms with van der Waals surface area (Å²) < 4.78 is 0.